The van der Waals surface area contributed by atoms with Gasteiger partial charge in [-0.25, -0.2) is 0 Å². The van der Waals surface area contributed by atoms with E-state index in [1.807, 2.05) is 6.07 Å². The first-order valence-electron chi connectivity index (χ1n) is 5.55. The fraction of sp³-hybridized carbons (Fsp3) is 0.462. The third-order valence-corrected chi connectivity index (χ3v) is 3.35. The maximum absolute atomic E-state index is 10.8. The third kappa shape index (κ3) is 3.47. The van der Waals surface area contributed by atoms with E-state index in [1.54, 1.807) is 0 Å². The van der Waals surface area contributed by atoms with Crippen molar-refractivity contribution in [3.05, 3.63) is 35.9 Å². The van der Waals surface area contributed by atoms with E-state index in [-0.39, 0.29) is 43.7 Å². The van der Waals surface area contributed by atoms with Crippen LogP contribution in [0.5, 0.6) is 0 Å². The second-order valence-corrected chi connectivity index (χ2v) is 4.30. The summed E-state index contributed by atoms with van der Waals surface area (Å²) in [5.41, 5.74) is 1.36. The van der Waals surface area contributed by atoms with Crippen molar-refractivity contribution in [3.8, 4) is 0 Å². The predicted molar refractivity (Wildman–Crippen MR) is 67.3 cm³/mol. The van der Waals surface area contributed by atoms with Crippen LogP contribution >= 0.6 is 0 Å². The van der Waals surface area contributed by atoms with Crippen molar-refractivity contribution < 1.29 is 9.90 Å². The Morgan fingerprint density at radius 1 is 1.06 bits per heavy atom. The zero-order valence-electron chi connectivity index (χ0n) is 8.73. The van der Waals surface area contributed by atoms with Gasteiger partial charge in [0.2, 0.25) is 0 Å². The number of benzene rings is 1. The van der Waals surface area contributed by atoms with E-state index in [0.29, 0.717) is 5.92 Å². The van der Waals surface area contributed by atoms with Gasteiger partial charge in [-0.05, 0) is 37.2 Å². The number of carboxylic acids is 1. The molecular weight excluding hydrogens is 228 g/mol. The quantitative estimate of drug-likeness (QED) is 0.812. The van der Waals surface area contributed by atoms with Crippen molar-refractivity contribution >= 4 is 43.7 Å². The third-order valence-electron chi connectivity index (χ3n) is 3.35. The molecule has 2 rings (SSSR count). The molecule has 1 aromatic carbocycles. The molecule has 0 spiro atoms. The normalized spacial score (nSPS) is 24.5. The second-order valence-electron chi connectivity index (χ2n) is 4.30. The molecule has 3 heteroatoms. The van der Waals surface area contributed by atoms with Gasteiger partial charge in [0.1, 0.15) is 0 Å². The fourth-order valence-electron chi connectivity index (χ4n) is 2.40. The van der Waals surface area contributed by atoms with Crippen molar-refractivity contribution in [2.24, 2.45) is 5.92 Å². The Bertz CT molecular complexity index is 329. The van der Waals surface area contributed by atoms with E-state index in [0.717, 1.165) is 25.7 Å². The molecule has 0 unspecified atom stereocenters. The average molecular weight is 246 g/mol. The molecule has 1 aliphatic rings. The number of aliphatic carboxylic acids is 1. The summed E-state index contributed by atoms with van der Waals surface area (Å²) in [4.78, 5) is 10.8. The number of rotatable bonds is 2. The molecule has 16 heavy (non-hydrogen) atoms. The Kier molecular flexibility index (Phi) is 5.81. The van der Waals surface area contributed by atoms with Crippen molar-refractivity contribution in [1.29, 1.82) is 0 Å². The van der Waals surface area contributed by atoms with E-state index in [1.165, 1.54) is 5.56 Å². The average Bonchev–Trinajstić information content (AvgIpc) is 2.30. The monoisotopic (exact) mass is 246 g/mol. The van der Waals surface area contributed by atoms with Gasteiger partial charge >= 0.3 is 43.7 Å². The molecule has 0 saturated heterocycles. The molecule has 1 saturated carbocycles. The molecule has 0 aromatic heterocycles. The van der Waals surface area contributed by atoms with Crippen LogP contribution in [0.4, 0.5) is 0 Å². The number of carboxylic acid groups (broad SMARTS) is 1. The van der Waals surface area contributed by atoms with Crippen LogP contribution in [-0.4, -0.2) is 48.8 Å². The molecule has 0 bridgehead atoms. The Labute approximate surface area is 126 Å². The summed E-state index contributed by atoms with van der Waals surface area (Å²) in [6.07, 6.45) is 3.69. The van der Waals surface area contributed by atoms with E-state index >= 15 is 0 Å². The minimum absolute atomic E-state index is 0. The van der Waals surface area contributed by atoms with Gasteiger partial charge in [-0.1, -0.05) is 30.3 Å². The summed E-state index contributed by atoms with van der Waals surface area (Å²) in [5, 5.41) is 8.90. The summed E-state index contributed by atoms with van der Waals surface area (Å²) < 4.78 is 0. The van der Waals surface area contributed by atoms with Crippen molar-refractivity contribution in [3.63, 3.8) is 0 Å². The van der Waals surface area contributed by atoms with Crippen LogP contribution in [0.15, 0.2) is 30.3 Å². The van der Waals surface area contributed by atoms with Gasteiger partial charge < -0.3 is 5.11 Å². The minimum atomic E-state index is -0.624. The van der Waals surface area contributed by atoms with Crippen LogP contribution in [0, 0.1) is 5.92 Å². The Morgan fingerprint density at radius 2 is 1.62 bits per heavy atom. The Morgan fingerprint density at radius 3 is 2.12 bits per heavy atom. The first kappa shape index (κ1) is 14.0. The molecule has 1 N–H and O–H groups in total. The molecular formula is C13H18CaO2. The van der Waals surface area contributed by atoms with Gasteiger partial charge in [-0.15, -0.1) is 0 Å². The second kappa shape index (κ2) is 6.63. The van der Waals surface area contributed by atoms with E-state index in [9.17, 15) is 4.79 Å². The molecule has 0 radical (unpaired) electrons. The molecule has 1 aromatic rings. The van der Waals surface area contributed by atoms with E-state index in [4.69, 9.17) is 5.11 Å². The standard InChI is InChI=1S/C13H16O2.Ca.2H/c14-13(15)12-8-6-11(7-9-12)10-4-2-1-3-5-10;;;/h1-5,11-12H,6-9H2,(H,14,15);;;. The van der Waals surface area contributed by atoms with Gasteiger partial charge in [-0.3, -0.25) is 4.79 Å². The van der Waals surface area contributed by atoms with Gasteiger partial charge in [0.05, 0.1) is 5.92 Å². The van der Waals surface area contributed by atoms with Gasteiger partial charge in [0, 0.05) is 0 Å². The summed E-state index contributed by atoms with van der Waals surface area (Å²) in [7, 11) is 0. The number of carbonyl (C=O) groups is 1. The van der Waals surface area contributed by atoms with Crippen LogP contribution in [0.1, 0.15) is 37.2 Å². The molecule has 1 fully saturated rings. The first-order chi connectivity index (χ1) is 7.27. The van der Waals surface area contributed by atoms with E-state index in [2.05, 4.69) is 24.3 Å². The van der Waals surface area contributed by atoms with Crippen molar-refractivity contribution in [1.82, 2.24) is 0 Å². The molecule has 0 amide bonds. The van der Waals surface area contributed by atoms with Gasteiger partial charge in [0.15, 0.2) is 0 Å². The first-order valence-corrected chi connectivity index (χ1v) is 5.55. The SMILES string of the molecule is O=C(O)C1CCC(c2ccccc2)CC1.[CaH2]. The molecule has 0 atom stereocenters. The van der Waals surface area contributed by atoms with Crippen LogP contribution < -0.4 is 0 Å². The Hall–Kier alpha value is -0.0503. The molecule has 84 valence electrons. The van der Waals surface area contributed by atoms with Crippen LogP contribution in [0.2, 0.25) is 0 Å². The van der Waals surface area contributed by atoms with Crippen LogP contribution in [0.25, 0.3) is 0 Å². The van der Waals surface area contributed by atoms with Crippen LogP contribution in [-0.2, 0) is 4.79 Å². The fourth-order valence-corrected chi connectivity index (χ4v) is 2.40. The molecule has 0 aliphatic heterocycles. The van der Waals surface area contributed by atoms with Crippen LogP contribution in [0.3, 0.4) is 0 Å². The van der Waals surface area contributed by atoms with Crippen molar-refractivity contribution in [2.75, 3.05) is 0 Å². The topological polar surface area (TPSA) is 37.3 Å². The number of hydrogen-bond acceptors (Lipinski definition) is 1. The summed E-state index contributed by atoms with van der Waals surface area (Å²) in [6.45, 7) is 0. The van der Waals surface area contributed by atoms with E-state index < -0.39 is 5.97 Å². The zero-order valence-corrected chi connectivity index (χ0v) is 8.73. The Balaban J connectivity index is 0.00000128. The molecule has 1 aliphatic carbocycles. The summed E-state index contributed by atoms with van der Waals surface area (Å²) in [5.74, 6) is -0.159. The predicted octanol–water partition coefficient (Wildman–Crippen LogP) is 2.13. The summed E-state index contributed by atoms with van der Waals surface area (Å²) >= 11 is 0. The maximum atomic E-state index is 10.8. The van der Waals surface area contributed by atoms with Gasteiger partial charge in [-0.2, -0.15) is 0 Å². The molecule has 2 nitrogen and oxygen atoms in total. The van der Waals surface area contributed by atoms with Gasteiger partial charge in [0.25, 0.3) is 0 Å². The van der Waals surface area contributed by atoms with Crippen molar-refractivity contribution in [2.45, 2.75) is 31.6 Å². The summed E-state index contributed by atoms with van der Waals surface area (Å²) in [6, 6.07) is 10.4. The number of hydrogen-bond donors (Lipinski definition) is 1. The molecule has 0 heterocycles. The zero-order chi connectivity index (χ0) is 10.7.